The first-order chi connectivity index (χ1) is 9.11. The van der Waals surface area contributed by atoms with Gasteiger partial charge in [0, 0.05) is 24.3 Å². The number of halogens is 1. The minimum Gasteiger partial charge on any atom is -0.392 e. The van der Waals surface area contributed by atoms with Gasteiger partial charge < -0.3 is 10.0 Å². The number of benzene rings is 2. The zero-order chi connectivity index (χ0) is 13.8. The van der Waals surface area contributed by atoms with Crippen LogP contribution in [0.1, 0.15) is 16.7 Å². The number of rotatable bonds is 4. The highest BCUT2D eigenvalue weighted by Crippen LogP contribution is 2.24. The first-order valence-corrected chi connectivity index (χ1v) is 6.64. The van der Waals surface area contributed by atoms with Crippen molar-refractivity contribution in [2.75, 3.05) is 11.9 Å². The molecule has 0 saturated heterocycles. The van der Waals surface area contributed by atoms with Gasteiger partial charge in [0.15, 0.2) is 0 Å². The van der Waals surface area contributed by atoms with Crippen LogP contribution < -0.4 is 4.90 Å². The molecular weight excluding hydrogens is 258 g/mol. The van der Waals surface area contributed by atoms with Crippen LogP contribution in [-0.2, 0) is 13.2 Å². The second-order valence-electron chi connectivity index (χ2n) is 4.73. The smallest absolute Gasteiger partial charge is 0.0681 e. The van der Waals surface area contributed by atoms with Crippen molar-refractivity contribution >= 4 is 17.3 Å². The van der Waals surface area contributed by atoms with Gasteiger partial charge in [0.2, 0.25) is 0 Å². The van der Waals surface area contributed by atoms with Crippen LogP contribution in [0.15, 0.2) is 42.5 Å². The van der Waals surface area contributed by atoms with Crippen molar-refractivity contribution in [1.82, 2.24) is 0 Å². The molecule has 19 heavy (non-hydrogen) atoms. The normalized spacial score (nSPS) is 10.5. The van der Waals surface area contributed by atoms with Crippen LogP contribution in [0.4, 0.5) is 5.69 Å². The molecule has 3 heteroatoms. The molecule has 2 nitrogen and oxygen atoms in total. The summed E-state index contributed by atoms with van der Waals surface area (Å²) in [6.45, 7) is 2.89. The number of hydrogen-bond acceptors (Lipinski definition) is 2. The lowest BCUT2D eigenvalue weighted by Gasteiger charge is -2.22. The molecule has 0 unspecified atom stereocenters. The summed E-state index contributed by atoms with van der Waals surface area (Å²) in [5.41, 5.74) is 4.35. The molecule has 0 fully saturated rings. The Morgan fingerprint density at radius 2 is 1.89 bits per heavy atom. The number of aryl methyl sites for hydroxylation is 1. The van der Waals surface area contributed by atoms with Crippen LogP contribution in [0.25, 0.3) is 0 Å². The number of anilines is 1. The first kappa shape index (κ1) is 13.9. The van der Waals surface area contributed by atoms with E-state index in [1.54, 1.807) is 0 Å². The molecule has 0 aromatic heterocycles. The van der Waals surface area contributed by atoms with E-state index in [1.165, 1.54) is 0 Å². The highest BCUT2D eigenvalue weighted by molar-refractivity contribution is 6.31. The van der Waals surface area contributed by atoms with Gasteiger partial charge in [-0.15, -0.1) is 0 Å². The van der Waals surface area contributed by atoms with Crippen LogP contribution in [0.3, 0.4) is 0 Å². The standard InChI is InChI=1S/C16H18ClNO/c1-12-9-13(11-19)7-8-16(12)18(2)10-14-5-3-4-6-15(14)17/h3-9,19H,10-11H2,1-2H3. The van der Waals surface area contributed by atoms with Crippen molar-refractivity contribution in [2.45, 2.75) is 20.1 Å². The number of aliphatic hydroxyl groups is 1. The van der Waals surface area contributed by atoms with Crippen LogP contribution in [-0.4, -0.2) is 12.2 Å². The predicted octanol–water partition coefficient (Wildman–Crippen LogP) is 3.78. The fourth-order valence-electron chi connectivity index (χ4n) is 2.21. The molecule has 1 N–H and O–H groups in total. The summed E-state index contributed by atoms with van der Waals surface area (Å²) in [7, 11) is 2.05. The van der Waals surface area contributed by atoms with Gasteiger partial charge in [-0.25, -0.2) is 0 Å². The molecule has 0 saturated carbocycles. The van der Waals surface area contributed by atoms with E-state index >= 15 is 0 Å². The molecule has 0 aliphatic carbocycles. The van der Waals surface area contributed by atoms with Crippen molar-refractivity contribution in [3.63, 3.8) is 0 Å². The molecule has 2 aromatic carbocycles. The minimum atomic E-state index is 0.0787. The topological polar surface area (TPSA) is 23.5 Å². The van der Waals surface area contributed by atoms with Crippen LogP contribution in [0.2, 0.25) is 5.02 Å². The van der Waals surface area contributed by atoms with Crippen molar-refractivity contribution in [1.29, 1.82) is 0 Å². The van der Waals surface area contributed by atoms with E-state index in [0.717, 1.165) is 33.9 Å². The Labute approximate surface area is 119 Å². The third kappa shape index (κ3) is 3.28. The second-order valence-corrected chi connectivity index (χ2v) is 5.13. The Kier molecular flexibility index (Phi) is 4.46. The van der Waals surface area contributed by atoms with Crippen molar-refractivity contribution in [3.8, 4) is 0 Å². The Morgan fingerprint density at radius 1 is 1.16 bits per heavy atom. The maximum Gasteiger partial charge on any atom is 0.0681 e. The molecule has 0 radical (unpaired) electrons. The van der Waals surface area contributed by atoms with Crippen LogP contribution >= 0.6 is 11.6 Å². The molecule has 100 valence electrons. The highest BCUT2D eigenvalue weighted by atomic mass is 35.5. The van der Waals surface area contributed by atoms with E-state index in [-0.39, 0.29) is 6.61 Å². The molecule has 0 bridgehead atoms. The van der Waals surface area contributed by atoms with Gasteiger partial charge in [-0.05, 0) is 35.7 Å². The summed E-state index contributed by atoms with van der Waals surface area (Å²) in [5, 5.41) is 9.92. The lowest BCUT2D eigenvalue weighted by Crippen LogP contribution is -2.17. The summed E-state index contributed by atoms with van der Waals surface area (Å²) in [5.74, 6) is 0. The number of aliphatic hydroxyl groups excluding tert-OH is 1. The Bertz CT molecular complexity index is 568. The lowest BCUT2D eigenvalue weighted by molar-refractivity contribution is 0.282. The third-order valence-corrected chi connectivity index (χ3v) is 3.59. The number of nitrogens with zero attached hydrogens (tertiary/aromatic N) is 1. The summed E-state index contributed by atoms with van der Waals surface area (Å²) in [6.07, 6.45) is 0. The maximum absolute atomic E-state index is 9.13. The molecule has 0 aliphatic rings. The SMILES string of the molecule is Cc1cc(CO)ccc1N(C)Cc1ccccc1Cl. The van der Waals surface area contributed by atoms with Crippen LogP contribution in [0, 0.1) is 6.92 Å². The van der Waals surface area contributed by atoms with Gasteiger partial charge in [-0.3, -0.25) is 0 Å². The second kappa shape index (κ2) is 6.09. The maximum atomic E-state index is 9.13. The van der Waals surface area contributed by atoms with E-state index in [4.69, 9.17) is 16.7 Å². The minimum absolute atomic E-state index is 0.0787. The summed E-state index contributed by atoms with van der Waals surface area (Å²) < 4.78 is 0. The van der Waals surface area contributed by atoms with Crippen molar-refractivity contribution in [3.05, 3.63) is 64.2 Å². The third-order valence-electron chi connectivity index (χ3n) is 3.22. The largest absolute Gasteiger partial charge is 0.392 e. The fourth-order valence-corrected chi connectivity index (χ4v) is 2.41. The first-order valence-electron chi connectivity index (χ1n) is 6.26. The van der Waals surface area contributed by atoms with Crippen molar-refractivity contribution in [2.24, 2.45) is 0 Å². The van der Waals surface area contributed by atoms with Gasteiger partial charge in [0.25, 0.3) is 0 Å². The molecule has 0 heterocycles. The average Bonchev–Trinajstić information content (AvgIpc) is 2.41. The fraction of sp³-hybridized carbons (Fsp3) is 0.250. The van der Waals surface area contributed by atoms with Gasteiger partial charge in [0.1, 0.15) is 0 Å². The predicted molar refractivity (Wildman–Crippen MR) is 80.7 cm³/mol. The molecule has 2 aromatic rings. The van der Waals surface area contributed by atoms with Gasteiger partial charge >= 0.3 is 0 Å². The molecular formula is C16H18ClNO. The zero-order valence-electron chi connectivity index (χ0n) is 11.2. The summed E-state index contributed by atoms with van der Waals surface area (Å²) in [6, 6.07) is 13.9. The van der Waals surface area contributed by atoms with E-state index in [2.05, 4.69) is 11.8 Å². The molecule has 0 amide bonds. The monoisotopic (exact) mass is 275 g/mol. The molecule has 0 atom stereocenters. The quantitative estimate of drug-likeness (QED) is 0.918. The molecule has 0 aliphatic heterocycles. The van der Waals surface area contributed by atoms with E-state index in [9.17, 15) is 0 Å². The van der Waals surface area contributed by atoms with Gasteiger partial charge in [0.05, 0.1) is 6.61 Å². The lowest BCUT2D eigenvalue weighted by atomic mass is 10.1. The van der Waals surface area contributed by atoms with E-state index in [1.807, 2.05) is 49.5 Å². The molecule has 2 rings (SSSR count). The van der Waals surface area contributed by atoms with E-state index < -0.39 is 0 Å². The number of hydrogen-bond donors (Lipinski definition) is 1. The summed E-state index contributed by atoms with van der Waals surface area (Å²) in [4.78, 5) is 2.16. The zero-order valence-corrected chi connectivity index (χ0v) is 12.0. The Hall–Kier alpha value is -1.51. The van der Waals surface area contributed by atoms with Gasteiger partial charge in [-0.1, -0.05) is 41.9 Å². The highest BCUT2D eigenvalue weighted by Gasteiger charge is 2.08. The summed E-state index contributed by atoms with van der Waals surface area (Å²) >= 11 is 6.18. The molecule has 0 spiro atoms. The van der Waals surface area contributed by atoms with E-state index in [0.29, 0.717) is 0 Å². The average molecular weight is 276 g/mol. The van der Waals surface area contributed by atoms with Crippen molar-refractivity contribution < 1.29 is 5.11 Å². The Balaban J connectivity index is 2.21. The van der Waals surface area contributed by atoms with Gasteiger partial charge in [-0.2, -0.15) is 0 Å². The Morgan fingerprint density at radius 3 is 2.53 bits per heavy atom. The van der Waals surface area contributed by atoms with Crippen LogP contribution in [0.5, 0.6) is 0 Å².